The predicted octanol–water partition coefficient (Wildman–Crippen LogP) is 2.15. The second kappa shape index (κ2) is 7.20. The zero-order valence-electron chi connectivity index (χ0n) is 15.7. The van der Waals surface area contributed by atoms with Gasteiger partial charge in [0.25, 0.3) is 0 Å². The summed E-state index contributed by atoms with van der Waals surface area (Å²) >= 11 is 0. The summed E-state index contributed by atoms with van der Waals surface area (Å²) in [6.07, 6.45) is -3.94. The van der Waals surface area contributed by atoms with Crippen molar-refractivity contribution in [3.63, 3.8) is 0 Å². The smallest absolute Gasteiger partial charge is 0.490 e. The van der Waals surface area contributed by atoms with Crippen LogP contribution in [-0.4, -0.2) is 59.5 Å². The van der Waals surface area contributed by atoms with E-state index in [1.54, 1.807) is 7.11 Å². The Kier molecular flexibility index (Phi) is 4.80. The predicted molar refractivity (Wildman–Crippen MR) is 102 cm³/mol. The van der Waals surface area contributed by atoms with Gasteiger partial charge in [0.15, 0.2) is 11.4 Å². The number of carbonyl (C=O) groups is 1. The quantitative estimate of drug-likeness (QED) is 0.566. The number of nitrogens with two attached hydrogens (primary N) is 1. The third kappa shape index (κ3) is 3.54. The van der Waals surface area contributed by atoms with E-state index in [2.05, 4.69) is 20.2 Å². The van der Waals surface area contributed by atoms with Gasteiger partial charge in [-0.05, 0) is 24.6 Å². The van der Waals surface area contributed by atoms with Crippen LogP contribution in [0.5, 0.6) is 5.75 Å². The lowest BCUT2D eigenvalue weighted by Gasteiger charge is -2.28. The monoisotopic (exact) mass is 425 g/mol. The molecule has 0 unspecified atom stereocenters. The Hall–Kier alpha value is -3.28. The molecule has 2 aliphatic rings. The standard InChI is InChI=1S/C16H17N5O2.C2HF3O2/c1-22-10-2-3-12-11(5-10)13-14(23-12)15(20-16(17)19-13)21-7-8-4-9(21)6-18-8;3-2(4,5)1(6)7/h2-3,5,8-9,18H,4,6-7H2,1H3,(H2,17,19,20);(H,6,7)/t8-,9-;/m0./s1. The fraction of sp³-hybridized carbons (Fsp3) is 0.389. The fourth-order valence-corrected chi connectivity index (χ4v) is 3.77. The molecule has 0 amide bonds. The lowest BCUT2D eigenvalue weighted by atomic mass is 10.2. The number of aliphatic carboxylic acids is 1. The summed E-state index contributed by atoms with van der Waals surface area (Å²) < 4.78 is 43.1. The van der Waals surface area contributed by atoms with Crippen LogP contribution in [0, 0.1) is 0 Å². The minimum atomic E-state index is -5.08. The Balaban J connectivity index is 0.000000272. The average molecular weight is 425 g/mol. The molecule has 2 atom stereocenters. The lowest BCUT2D eigenvalue weighted by molar-refractivity contribution is -0.192. The highest BCUT2D eigenvalue weighted by Gasteiger charge is 2.40. The topological polar surface area (TPSA) is 127 Å². The van der Waals surface area contributed by atoms with Crippen LogP contribution < -0.4 is 20.7 Å². The molecule has 2 fully saturated rings. The Morgan fingerprint density at radius 2 is 2.13 bits per heavy atom. The van der Waals surface area contributed by atoms with Gasteiger partial charge in [-0.3, -0.25) is 0 Å². The Labute approximate surface area is 167 Å². The highest BCUT2D eigenvalue weighted by atomic mass is 19.4. The van der Waals surface area contributed by atoms with Crippen LogP contribution in [-0.2, 0) is 4.79 Å². The number of halogens is 3. The number of nitrogens with one attached hydrogen (secondary N) is 1. The third-order valence-corrected chi connectivity index (χ3v) is 5.09. The molecule has 2 aliphatic heterocycles. The SMILES string of the molecule is COc1ccc2oc3c(N4C[C@@H]5C[C@H]4CN5)nc(N)nc3c2c1.O=C(O)C(F)(F)F. The summed E-state index contributed by atoms with van der Waals surface area (Å²) in [5.41, 5.74) is 8.19. The molecule has 1 aromatic carbocycles. The molecule has 160 valence electrons. The second-order valence-electron chi connectivity index (χ2n) is 7.00. The zero-order valence-corrected chi connectivity index (χ0v) is 15.7. The number of carboxylic acids is 1. The fourth-order valence-electron chi connectivity index (χ4n) is 3.77. The minimum Gasteiger partial charge on any atom is -0.497 e. The number of benzene rings is 1. The molecule has 0 spiro atoms. The van der Waals surface area contributed by atoms with Crippen molar-refractivity contribution in [2.45, 2.75) is 24.7 Å². The number of piperazine rings is 1. The summed E-state index contributed by atoms with van der Waals surface area (Å²) in [6, 6.07) is 6.67. The van der Waals surface area contributed by atoms with Gasteiger partial charge in [0, 0.05) is 25.2 Å². The number of anilines is 2. The molecule has 4 N–H and O–H groups in total. The van der Waals surface area contributed by atoms with Crippen LogP contribution in [0.25, 0.3) is 22.1 Å². The van der Waals surface area contributed by atoms with E-state index in [0.717, 1.165) is 47.6 Å². The number of nitrogens with zero attached hydrogens (tertiary/aromatic N) is 3. The van der Waals surface area contributed by atoms with Crippen molar-refractivity contribution in [3.8, 4) is 5.75 Å². The number of fused-ring (bicyclic) bond motifs is 5. The van der Waals surface area contributed by atoms with E-state index in [1.807, 2.05) is 18.2 Å². The first-order chi connectivity index (χ1) is 14.2. The first kappa shape index (κ1) is 20.0. The molecule has 2 saturated heterocycles. The van der Waals surface area contributed by atoms with E-state index in [0.29, 0.717) is 17.7 Å². The Bertz CT molecular complexity index is 1120. The number of alkyl halides is 3. The highest BCUT2D eigenvalue weighted by molar-refractivity contribution is 6.06. The molecule has 2 bridgehead atoms. The number of carboxylic acid groups (broad SMARTS) is 1. The maximum Gasteiger partial charge on any atom is 0.490 e. The van der Waals surface area contributed by atoms with Gasteiger partial charge in [-0.2, -0.15) is 18.2 Å². The van der Waals surface area contributed by atoms with Crippen LogP contribution in [0.1, 0.15) is 6.42 Å². The average Bonchev–Trinajstić information content (AvgIpc) is 3.40. The molecular formula is C18H18F3N5O4. The molecule has 9 nitrogen and oxygen atoms in total. The number of methoxy groups -OCH3 is 1. The maximum absolute atomic E-state index is 10.6. The number of hydrogen-bond acceptors (Lipinski definition) is 8. The molecular weight excluding hydrogens is 407 g/mol. The van der Waals surface area contributed by atoms with Crippen molar-refractivity contribution in [2.75, 3.05) is 30.8 Å². The molecule has 30 heavy (non-hydrogen) atoms. The molecule has 3 aromatic rings. The number of hydrogen-bond donors (Lipinski definition) is 3. The first-order valence-corrected chi connectivity index (χ1v) is 9.01. The van der Waals surface area contributed by atoms with Gasteiger partial charge in [0.1, 0.15) is 16.8 Å². The van der Waals surface area contributed by atoms with Gasteiger partial charge in [-0.15, -0.1) is 0 Å². The van der Waals surface area contributed by atoms with Gasteiger partial charge in [-0.1, -0.05) is 0 Å². The van der Waals surface area contributed by atoms with Crippen molar-refractivity contribution >= 4 is 39.8 Å². The summed E-state index contributed by atoms with van der Waals surface area (Å²) in [5, 5.41) is 11.5. The van der Waals surface area contributed by atoms with Gasteiger partial charge >= 0.3 is 12.1 Å². The highest BCUT2D eigenvalue weighted by Crippen LogP contribution is 2.38. The molecule has 4 heterocycles. The summed E-state index contributed by atoms with van der Waals surface area (Å²) in [6.45, 7) is 1.90. The zero-order chi connectivity index (χ0) is 21.6. The van der Waals surface area contributed by atoms with Crippen LogP contribution in [0.3, 0.4) is 0 Å². The lowest BCUT2D eigenvalue weighted by Crippen LogP contribution is -2.44. The van der Waals surface area contributed by atoms with Crippen LogP contribution in [0.2, 0.25) is 0 Å². The van der Waals surface area contributed by atoms with Gasteiger partial charge in [-0.25, -0.2) is 9.78 Å². The first-order valence-electron chi connectivity index (χ1n) is 9.01. The molecule has 5 rings (SSSR count). The number of furan rings is 1. The van der Waals surface area contributed by atoms with E-state index in [-0.39, 0.29) is 5.95 Å². The summed E-state index contributed by atoms with van der Waals surface area (Å²) in [4.78, 5) is 20.1. The van der Waals surface area contributed by atoms with E-state index in [9.17, 15) is 13.2 Å². The minimum absolute atomic E-state index is 0.272. The Morgan fingerprint density at radius 3 is 2.70 bits per heavy atom. The number of rotatable bonds is 2. The van der Waals surface area contributed by atoms with Crippen molar-refractivity contribution < 1.29 is 32.2 Å². The molecule has 0 saturated carbocycles. The van der Waals surface area contributed by atoms with Gasteiger partial charge in [0.2, 0.25) is 5.95 Å². The maximum atomic E-state index is 10.6. The van der Waals surface area contributed by atoms with E-state index < -0.39 is 12.1 Å². The second-order valence-corrected chi connectivity index (χ2v) is 7.00. The van der Waals surface area contributed by atoms with Crippen molar-refractivity contribution in [2.24, 2.45) is 0 Å². The van der Waals surface area contributed by atoms with Gasteiger partial charge in [0.05, 0.1) is 12.5 Å². The Morgan fingerprint density at radius 1 is 1.40 bits per heavy atom. The van der Waals surface area contributed by atoms with Crippen LogP contribution in [0.15, 0.2) is 22.6 Å². The molecule has 12 heteroatoms. The number of nitrogen functional groups attached to an aromatic ring is 1. The molecule has 0 aliphatic carbocycles. The van der Waals surface area contributed by atoms with E-state index in [1.165, 1.54) is 0 Å². The number of aromatic nitrogens is 2. The largest absolute Gasteiger partial charge is 0.497 e. The van der Waals surface area contributed by atoms with Gasteiger partial charge < -0.3 is 30.2 Å². The third-order valence-electron chi connectivity index (χ3n) is 5.09. The molecule has 0 radical (unpaired) electrons. The normalized spacial score (nSPS) is 20.5. The molecule has 2 aromatic heterocycles. The van der Waals surface area contributed by atoms with Crippen molar-refractivity contribution in [1.82, 2.24) is 15.3 Å². The summed E-state index contributed by atoms with van der Waals surface area (Å²) in [5.74, 6) is -0.915. The van der Waals surface area contributed by atoms with Crippen molar-refractivity contribution in [3.05, 3.63) is 18.2 Å². The summed E-state index contributed by atoms with van der Waals surface area (Å²) in [7, 11) is 1.65. The van der Waals surface area contributed by atoms with Crippen LogP contribution in [0.4, 0.5) is 24.9 Å². The van der Waals surface area contributed by atoms with E-state index in [4.69, 9.17) is 24.8 Å². The number of ether oxygens (including phenoxy) is 1. The van der Waals surface area contributed by atoms with Crippen LogP contribution >= 0.6 is 0 Å². The van der Waals surface area contributed by atoms with E-state index >= 15 is 0 Å². The van der Waals surface area contributed by atoms with Crippen molar-refractivity contribution in [1.29, 1.82) is 0 Å².